The average molecular weight is 449 g/mol. The van der Waals surface area contributed by atoms with Crippen LogP contribution in [0.3, 0.4) is 0 Å². The summed E-state index contributed by atoms with van der Waals surface area (Å²) in [7, 11) is 1.48. The number of halogens is 2. The summed E-state index contributed by atoms with van der Waals surface area (Å²) in [6.45, 7) is 1.86. The maximum atomic E-state index is 14.2. The monoisotopic (exact) mass is 449 g/mol. The number of aromatic nitrogens is 2. The van der Waals surface area contributed by atoms with Crippen molar-refractivity contribution in [3.05, 3.63) is 69.5 Å². The molecule has 3 N–H and O–H groups in total. The maximum Gasteiger partial charge on any atom is 0.259 e. The maximum absolute atomic E-state index is 14.2. The lowest BCUT2D eigenvalue weighted by molar-refractivity contribution is 0.460. The molecule has 1 aliphatic carbocycles. The summed E-state index contributed by atoms with van der Waals surface area (Å²) in [6, 6.07) is 9.17. The number of aryl methyl sites for hydroxylation is 1. The molecule has 168 valence electrons. The van der Waals surface area contributed by atoms with Crippen molar-refractivity contribution >= 4 is 34.5 Å². The first-order chi connectivity index (χ1) is 15.9. The Morgan fingerprint density at radius 1 is 1.21 bits per heavy atom. The van der Waals surface area contributed by atoms with E-state index in [1.807, 2.05) is 19.1 Å². The molecule has 9 heteroatoms. The van der Waals surface area contributed by atoms with Crippen molar-refractivity contribution in [2.24, 2.45) is 7.05 Å². The van der Waals surface area contributed by atoms with Crippen LogP contribution in [0.2, 0.25) is 0 Å². The summed E-state index contributed by atoms with van der Waals surface area (Å²) in [6.07, 6.45) is 3.18. The van der Waals surface area contributed by atoms with Crippen molar-refractivity contribution in [3.8, 4) is 11.1 Å². The number of nitrogens with zero attached hydrogens (tertiary/aromatic N) is 2. The van der Waals surface area contributed by atoms with Crippen molar-refractivity contribution in [1.29, 1.82) is 5.41 Å². The minimum atomic E-state index is -0.805. The van der Waals surface area contributed by atoms with Gasteiger partial charge in [0.25, 0.3) is 5.56 Å². The molecule has 1 fully saturated rings. The number of hydrogen-bond donors (Lipinski definition) is 3. The van der Waals surface area contributed by atoms with Gasteiger partial charge in [0.05, 0.1) is 10.9 Å². The number of fused-ring (bicyclic) bond motifs is 1. The van der Waals surface area contributed by atoms with Gasteiger partial charge in [-0.05, 0) is 49.6 Å². The van der Waals surface area contributed by atoms with Crippen LogP contribution in [-0.2, 0) is 7.05 Å². The molecule has 0 bridgehead atoms. The lowest BCUT2D eigenvalue weighted by Crippen LogP contribution is -2.23. The molecule has 0 unspecified atom stereocenters. The van der Waals surface area contributed by atoms with Gasteiger partial charge in [0.1, 0.15) is 23.1 Å². The van der Waals surface area contributed by atoms with Gasteiger partial charge in [-0.25, -0.2) is 8.78 Å². The number of rotatable bonds is 6. The summed E-state index contributed by atoms with van der Waals surface area (Å²) in [5, 5.41) is 18.8. The van der Waals surface area contributed by atoms with Crippen LogP contribution in [0.25, 0.3) is 22.1 Å². The lowest BCUT2D eigenvalue weighted by atomic mass is 9.98. The lowest BCUT2D eigenvalue weighted by Gasteiger charge is -2.17. The molecule has 2 heterocycles. The van der Waals surface area contributed by atoms with E-state index < -0.39 is 22.9 Å². The number of hydrogen-bond acceptors (Lipinski definition) is 6. The van der Waals surface area contributed by atoms with Gasteiger partial charge >= 0.3 is 0 Å². The molecule has 0 aliphatic heterocycles. The van der Waals surface area contributed by atoms with Crippen molar-refractivity contribution in [3.63, 3.8) is 0 Å². The van der Waals surface area contributed by atoms with Crippen molar-refractivity contribution in [2.75, 3.05) is 10.6 Å². The van der Waals surface area contributed by atoms with E-state index >= 15 is 0 Å². The molecular formula is C24H21F2N5O2. The molecule has 2 aromatic carbocycles. The van der Waals surface area contributed by atoms with Gasteiger partial charge in [0.15, 0.2) is 11.4 Å². The van der Waals surface area contributed by atoms with Crippen LogP contribution < -0.4 is 16.2 Å². The fourth-order valence-corrected chi connectivity index (χ4v) is 3.90. The normalized spacial score (nSPS) is 13.3. The fourth-order valence-electron chi connectivity index (χ4n) is 3.90. The summed E-state index contributed by atoms with van der Waals surface area (Å²) in [5.41, 5.74) is 1.60. The SMILES string of the molecule is Cc1ccc2c(NC3CC3)noc2c1-c1cc(C=N)c(Nc2c(F)cccc2F)n(C)c1=O. The third-order valence-electron chi connectivity index (χ3n) is 5.84. The van der Waals surface area contributed by atoms with E-state index in [2.05, 4.69) is 15.8 Å². The number of anilines is 3. The van der Waals surface area contributed by atoms with Gasteiger partial charge in [-0.3, -0.25) is 9.36 Å². The van der Waals surface area contributed by atoms with Crippen molar-refractivity contribution in [1.82, 2.24) is 9.72 Å². The van der Waals surface area contributed by atoms with E-state index in [1.165, 1.54) is 23.7 Å². The van der Waals surface area contributed by atoms with E-state index in [0.29, 0.717) is 28.6 Å². The topological polar surface area (TPSA) is 95.9 Å². The Labute approximate surface area is 187 Å². The van der Waals surface area contributed by atoms with Gasteiger partial charge in [0, 0.05) is 30.4 Å². The van der Waals surface area contributed by atoms with Gasteiger partial charge in [0.2, 0.25) is 0 Å². The molecule has 0 amide bonds. The van der Waals surface area contributed by atoms with Gasteiger partial charge in [-0.1, -0.05) is 17.3 Å². The van der Waals surface area contributed by atoms with Crippen LogP contribution in [0.1, 0.15) is 24.0 Å². The van der Waals surface area contributed by atoms with E-state index in [1.54, 1.807) is 0 Å². The van der Waals surface area contributed by atoms with Crippen LogP contribution >= 0.6 is 0 Å². The number of benzene rings is 2. The molecule has 4 aromatic rings. The van der Waals surface area contributed by atoms with Crippen molar-refractivity contribution < 1.29 is 13.3 Å². The minimum absolute atomic E-state index is 0.0984. The minimum Gasteiger partial charge on any atom is -0.364 e. The Morgan fingerprint density at radius 3 is 2.61 bits per heavy atom. The zero-order valence-corrected chi connectivity index (χ0v) is 18.0. The second-order valence-electron chi connectivity index (χ2n) is 8.18. The first-order valence-corrected chi connectivity index (χ1v) is 10.5. The molecule has 33 heavy (non-hydrogen) atoms. The molecule has 2 aromatic heterocycles. The predicted octanol–water partition coefficient (Wildman–Crippen LogP) is 5.10. The van der Waals surface area contributed by atoms with Crippen molar-refractivity contribution in [2.45, 2.75) is 25.8 Å². The van der Waals surface area contributed by atoms with E-state index in [9.17, 15) is 13.6 Å². The summed E-state index contributed by atoms with van der Waals surface area (Å²) < 4.78 is 35.3. The molecule has 0 radical (unpaired) electrons. The molecule has 5 rings (SSSR count). The predicted molar refractivity (Wildman–Crippen MR) is 124 cm³/mol. The second kappa shape index (κ2) is 7.84. The third-order valence-corrected chi connectivity index (χ3v) is 5.84. The van der Waals surface area contributed by atoms with E-state index in [0.717, 1.165) is 42.1 Å². The molecule has 1 saturated carbocycles. The first-order valence-electron chi connectivity index (χ1n) is 10.5. The zero-order chi connectivity index (χ0) is 23.3. The highest BCUT2D eigenvalue weighted by atomic mass is 19.1. The standard InChI is InChI=1S/C24H21F2N5O2/c1-12-6-9-15-21(33-30-22(15)28-14-7-8-14)19(12)16-10-13(11-27)23(31(2)24(16)32)29-20-17(25)4-3-5-18(20)26/h3-6,9-11,14,27,29H,7-8H2,1-2H3,(H,28,30). The molecule has 7 nitrogen and oxygen atoms in total. The quantitative estimate of drug-likeness (QED) is 0.356. The summed E-state index contributed by atoms with van der Waals surface area (Å²) >= 11 is 0. The Balaban J connectivity index is 1.67. The van der Waals surface area contributed by atoms with Gasteiger partial charge < -0.3 is 20.6 Å². The second-order valence-corrected chi connectivity index (χ2v) is 8.18. The van der Waals surface area contributed by atoms with Crippen LogP contribution in [0.15, 0.2) is 45.7 Å². The highest BCUT2D eigenvalue weighted by Gasteiger charge is 2.25. The van der Waals surface area contributed by atoms with Crippen LogP contribution in [0.4, 0.5) is 26.1 Å². The Bertz CT molecular complexity index is 1450. The molecule has 1 aliphatic rings. The van der Waals surface area contributed by atoms with Crippen LogP contribution in [0.5, 0.6) is 0 Å². The van der Waals surface area contributed by atoms with E-state index in [-0.39, 0.29) is 11.4 Å². The average Bonchev–Trinajstić information content (AvgIpc) is 3.52. The third kappa shape index (κ3) is 3.55. The Hall–Kier alpha value is -4.01. The summed E-state index contributed by atoms with van der Waals surface area (Å²) in [5.74, 6) is -0.881. The van der Waals surface area contributed by atoms with Gasteiger partial charge in [-0.15, -0.1) is 0 Å². The fraction of sp³-hybridized carbons (Fsp3) is 0.208. The van der Waals surface area contributed by atoms with E-state index in [4.69, 9.17) is 9.93 Å². The highest BCUT2D eigenvalue weighted by Crippen LogP contribution is 2.36. The first kappa shape index (κ1) is 20.9. The highest BCUT2D eigenvalue weighted by molar-refractivity contribution is 6.00. The van der Waals surface area contributed by atoms with Crippen LogP contribution in [0, 0.1) is 24.0 Å². The Kier molecular flexibility index (Phi) is 4.96. The smallest absolute Gasteiger partial charge is 0.259 e. The number of pyridine rings is 1. The number of nitrogens with one attached hydrogen (secondary N) is 3. The summed E-state index contributed by atoms with van der Waals surface area (Å²) in [4.78, 5) is 13.4. The Morgan fingerprint density at radius 2 is 1.94 bits per heavy atom. The molecule has 0 atom stereocenters. The van der Waals surface area contributed by atoms with Crippen LogP contribution in [-0.4, -0.2) is 22.0 Å². The largest absolute Gasteiger partial charge is 0.364 e. The number of para-hydroxylation sites is 1. The molecular weight excluding hydrogens is 428 g/mol. The van der Waals surface area contributed by atoms with Gasteiger partial charge in [-0.2, -0.15) is 0 Å². The molecule has 0 saturated heterocycles. The zero-order valence-electron chi connectivity index (χ0n) is 18.0. The molecule has 0 spiro atoms.